The summed E-state index contributed by atoms with van der Waals surface area (Å²) in [5, 5.41) is 0. The van der Waals surface area contributed by atoms with E-state index in [1.165, 1.54) is 83.6 Å². The first-order valence-electron chi connectivity index (χ1n) is 19.7. The third-order valence-corrected chi connectivity index (χ3v) is 11.7. The van der Waals surface area contributed by atoms with Crippen LogP contribution < -0.4 is 26.2 Å². The normalized spacial score (nSPS) is 12.5. The largest absolute Gasteiger partial charge is 0.311 e. The summed E-state index contributed by atoms with van der Waals surface area (Å²) in [7, 11) is 0. The van der Waals surface area contributed by atoms with Crippen LogP contribution in [0.1, 0.15) is 0 Å². The molecule has 2 nitrogen and oxygen atoms in total. The van der Waals surface area contributed by atoms with Crippen LogP contribution in [0.3, 0.4) is 0 Å². The second kappa shape index (κ2) is 13.7. The Morgan fingerprint density at radius 2 is 0.702 bits per heavy atom. The van der Waals surface area contributed by atoms with E-state index in [4.69, 9.17) is 0 Å². The van der Waals surface area contributed by atoms with E-state index in [-0.39, 0.29) is 6.71 Å². The molecule has 9 aromatic carbocycles. The lowest BCUT2D eigenvalue weighted by Gasteiger charge is -2.45. The molecule has 11 rings (SSSR count). The van der Waals surface area contributed by atoms with E-state index >= 15 is 0 Å². The quantitative estimate of drug-likeness (QED) is 0.158. The van der Waals surface area contributed by atoms with Gasteiger partial charge in [0, 0.05) is 34.0 Å². The second-order valence-corrected chi connectivity index (χ2v) is 14.9. The van der Waals surface area contributed by atoms with E-state index in [9.17, 15) is 0 Å². The average molecular weight is 725 g/mol. The van der Waals surface area contributed by atoms with Crippen LogP contribution in [0.4, 0.5) is 34.1 Å². The number of rotatable bonds is 6. The standard InChI is InChI=1S/C54H37BN2/c1-5-17-38(18-6-1)40-31-34-44(35-32-40)56-49-28-15-26-46(42-23-11-4-12-24-42)53(49)55-47-36-33-43(39-19-7-2-8-20-39)37-52(47)57(51-30-16-29-50(56)54(51)55)48-27-14-13-25-45(48)41-21-9-3-10-22-41/h1-37H. The number of benzene rings is 9. The maximum atomic E-state index is 2.53. The Morgan fingerprint density at radius 1 is 0.263 bits per heavy atom. The van der Waals surface area contributed by atoms with Gasteiger partial charge in [-0.3, -0.25) is 0 Å². The van der Waals surface area contributed by atoms with Gasteiger partial charge in [0.2, 0.25) is 0 Å². The van der Waals surface area contributed by atoms with Gasteiger partial charge >= 0.3 is 0 Å². The monoisotopic (exact) mass is 724 g/mol. The predicted molar refractivity (Wildman–Crippen MR) is 242 cm³/mol. The summed E-state index contributed by atoms with van der Waals surface area (Å²) >= 11 is 0. The lowest BCUT2D eigenvalue weighted by molar-refractivity contribution is 1.25. The average Bonchev–Trinajstić information content (AvgIpc) is 3.30. The first-order valence-corrected chi connectivity index (χ1v) is 19.7. The molecule has 0 aromatic heterocycles. The van der Waals surface area contributed by atoms with Gasteiger partial charge in [0.15, 0.2) is 0 Å². The van der Waals surface area contributed by atoms with E-state index in [0.29, 0.717) is 0 Å². The van der Waals surface area contributed by atoms with Crippen molar-refractivity contribution in [1.82, 2.24) is 0 Å². The van der Waals surface area contributed by atoms with Gasteiger partial charge in [0.05, 0.1) is 5.69 Å². The van der Waals surface area contributed by atoms with Crippen molar-refractivity contribution in [2.45, 2.75) is 0 Å². The first kappa shape index (κ1) is 33.0. The molecule has 3 heteroatoms. The Morgan fingerprint density at radius 3 is 1.35 bits per heavy atom. The second-order valence-electron chi connectivity index (χ2n) is 14.9. The zero-order valence-corrected chi connectivity index (χ0v) is 31.3. The van der Waals surface area contributed by atoms with E-state index in [2.05, 4.69) is 234 Å². The van der Waals surface area contributed by atoms with Crippen molar-refractivity contribution < 1.29 is 0 Å². The molecule has 2 aliphatic rings. The van der Waals surface area contributed by atoms with Crippen LogP contribution >= 0.6 is 0 Å². The number of hydrogen-bond donors (Lipinski definition) is 0. The van der Waals surface area contributed by atoms with Crippen molar-refractivity contribution >= 4 is 57.2 Å². The van der Waals surface area contributed by atoms with E-state index in [0.717, 1.165) is 11.4 Å². The maximum Gasteiger partial charge on any atom is 0.252 e. The molecule has 0 spiro atoms. The Kier molecular flexibility index (Phi) is 7.96. The van der Waals surface area contributed by atoms with Gasteiger partial charge in [-0.25, -0.2) is 0 Å². The van der Waals surface area contributed by atoms with Crippen molar-refractivity contribution in [3.8, 4) is 44.5 Å². The third-order valence-electron chi connectivity index (χ3n) is 11.7. The van der Waals surface area contributed by atoms with Crippen LogP contribution in [0, 0.1) is 0 Å². The molecule has 0 unspecified atom stereocenters. The van der Waals surface area contributed by atoms with Gasteiger partial charge in [-0.05, 0) is 97.8 Å². The molecule has 0 aliphatic carbocycles. The van der Waals surface area contributed by atoms with Crippen molar-refractivity contribution in [2.24, 2.45) is 0 Å². The Bertz CT molecular complexity index is 2890. The van der Waals surface area contributed by atoms with E-state index in [1.54, 1.807) is 0 Å². The fraction of sp³-hybridized carbons (Fsp3) is 0. The fourth-order valence-corrected chi connectivity index (χ4v) is 9.16. The van der Waals surface area contributed by atoms with E-state index < -0.39 is 0 Å². The summed E-state index contributed by atoms with van der Waals surface area (Å²) in [6.45, 7) is -0.0117. The number of fused-ring (bicyclic) bond motifs is 4. The molecule has 9 aromatic rings. The van der Waals surface area contributed by atoms with Crippen molar-refractivity contribution in [3.05, 3.63) is 224 Å². The van der Waals surface area contributed by atoms with Gasteiger partial charge in [-0.15, -0.1) is 0 Å². The number of para-hydroxylation sites is 1. The van der Waals surface area contributed by atoms with Crippen molar-refractivity contribution in [1.29, 1.82) is 0 Å². The smallest absolute Gasteiger partial charge is 0.252 e. The topological polar surface area (TPSA) is 6.48 Å². The molecule has 2 heterocycles. The van der Waals surface area contributed by atoms with Crippen LogP contribution in [0.5, 0.6) is 0 Å². The summed E-state index contributed by atoms with van der Waals surface area (Å²) in [4.78, 5) is 5.03. The minimum Gasteiger partial charge on any atom is -0.311 e. The number of hydrogen-bond acceptors (Lipinski definition) is 2. The Balaban J connectivity index is 1.21. The lowest BCUT2D eigenvalue weighted by atomic mass is 9.32. The molecule has 57 heavy (non-hydrogen) atoms. The first-order chi connectivity index (χ1) is 28.3. The van der Waals surface area contributed by atoms with Crippen LogP contribution in [0.2, 0.25) is 0 Å². The van der Waals surface area contributed by atoms with Gasteiger partial charge in [-0.1, -0.05) is 182 Å². The highest BCUT2D eigenvalue weighted by Gasteiger charge is 2.44. The predicted octanol–water partition coefficient (Wildman–Crippen LogP) is 12.4. The molecular weight excluding hydrogens is 687 g/mol. The number of nitrogens with zero attached hydrogens (tertiary/aromatic N) is 2. The summed E-state index contributed by atoms with van der Waals surface area (Å²) in [5.74, 6) is 0. The van der Waals surface area contributed by atoms with Gasteiger partial charge in [0.25, 0.3) is 6.71 Å². The summed E-state index contributed by atoms with van der Waals surface area (Å²) in [6.07, 6.45) is 0. The summed E-state index contributed by atoms with van der Waals surface area (Å²) < 4.78 is 0. The third kappa shape index (κ3) is 5.51. The molecule has 0 saturated carbocycles. The highest BCUT2D eigenvalue weighted by Crippen LogP contribution is 2.47. The van der Waals surface area contributed by atoms with Crippen LogP contribution in [0.15, 0.2) is 224 Å². The zero-order chi connectivity index (χ0) is 37.7. The molecule has 0 amide bonds. The molecule has 0 radical (unpaired) electrons. The Labute approximate surface area is 334 Å². The summed E-state index contributed by atoms with van der Waals surface area (Å²) in [6, 6.07) is 82.0. The van der Waals surface area contributed by atoms with Crippen molar-refractivity contribution in [3.63, 3.8) is 0 Å². The van der Waals surface area contributed by atoms with Crippen LogP contribution in [-0.2, 0) is 0 Å². The summed E-state index contributed by atoms with van der Waals surface area (Å²) in [5.41, 5.74) is 20.7. The van der Waals surface area contributed by atoms with Crippen molar-refractivity contribution in [2.75, 3.05) is 9.80 Å². The molecule has 266 valence electrons. The van der Waals surface area contributed by atoms with Crippen LogP contribution in [0.25, 0.3) is 44.5 Å². The molecule has 0 saturated heterocycles. The minimum absolute atomic E-state index is 0.0117. The van der Waals surface area contributed by atoms with E-state index in [1.807, 2.05) is 0 Å². The minimum atomic E-state index is -0.0117. The van der Waals surface area contributed by atoms with Gasteiger partial charge in [0.1, 0.15) is 0 Å². The molecule has 0 bridgehead atoms. The number of anilines is 6. The van der Waals surface area contributed by atoms with Gasteiger partial charge < -0.3 is 9.80 Å². The van der Waals surface area contributed by atoms with Gasteiger partial charge in [-0.2, -0.15) is 0 Å². The Hall–Kier alpha value is -7.36. The van der Waals surface area contributed by atoms with Crippen LogP contribution in [-0.4, -0.2) is 6.71 Å². The maximum absolute atomic E-state index is 2.53. The molecule has 0 fully saturated rings. The highest BCUT2D eigenvalue weighted by molar-refractivity contribution is 7.01. The lowest BCUT2D eigenvalue weighted by Crippen LogP contribution is -2.61. The molecule has 2 aliphatic heterocycles. The molecule has 0 N–H and O–H groups in total. The molecular formula is C54H37BN2. The molecule has 0 atom stereocenters. The fourth-order valence-electron chi connectivity index (χ4n) is 9.16. The highest BCUT2D eigenvalue weighted by atomic mass is 15.2. The SMILES string of the molecule is c1ccc(-c2ccc(N3c4cccc(-c5ccccc5)c4B4c5ccc(-c6ccccc6)cc5N(c5ccccc5-c5ccccc5)c5cccc3c54)cc2)cc1. The zero-order valence-electron chi connectivity index (χ0n) is 31.3.